The Morgan fingerprint density at radius 2 is 2.09 bits per heavy atom. The first-order valence-electron chi connectivity index (χ1n) is 6.65. The Labute approximate surface area is 125 Å². The average molecular weight is 308 g/mol. The fraction of sp³-hybridized carbons (Fsp3) is 0.333. The van der Waals surface area contributed by atoms with E-state index in [0.29, 0.717) is 6.42 Å². The van der Waals surface area contributed by atoms with E-state index >= 15 is 0 Å². The van der Waals surface area contributed by atoms with Crippen LogP contribution in [0.25, 0.3) is 0 Å². The first-order valence-corrected chi connectivity index (χ1v) is 6.65. The third kappa shape index (κ3) is 3.56. The van der Waals surface area contributed by atoms with Crippen molar-refractivity contribution in [2.75, 3.05) is 6.61 Å². The minimum Gasteiger partial charge on any atom is -0.502 e. The summed E-state index contributed by atoms with van der Waals surface area (Å²) in [5.41, 5.74) is -0.602. The zero-order valence-corrected chi connectivity index (χ0v) is 11.9. The quantitative estimate of drug-likeness (QED) is 0.820. The minimum absolute atomic E-state index is 0.0971. The lowest BCUT2D eigenvalue weighted by molar-refractivity contribution is 0.230. The Bertz CT molecular complexity index is 744. The number of aromatic hydroxyl groups is 1. The van der Waals surface area contributed by atoms with E-state index in [-0.39, 0.29) is 35.0 Å². The van der Waals surface area contributed by atoms with Gasteiger partial charge in [-0.05, 0) is 12.3 Å². The molecule has 0 amide bonds. The van der Waals surface area contributed by atoms with Gasteiger partial charge in [0.1, 0.15) is 12.9 Å². The van der Waals surface area contributed by atoms with Gasteiger partial charge in [0.25, 0.3) is 0 Å². The van der Waals surface area contributed by atoms with Gasteiger partial charge in [-0.2, -0.15) is 0 Å². The Kier molecular flexibility index (Phi) is 5.00. The molecule has 7 nitrogen and oxygen atoms in total. The molecule has 7 heteroatoms. The highest BCUT2D eigenvalue weighted by Gasteiger charge is 2.15. The van der Waals surface area contributed by atoms with Crippen LogP contribution >= 0.6 is 0 Å². The monoisotopic (exact) mass is 308 g/mol. The summed E-state index contributed by atoms with van der Waals surface area (Å²) in [6.45, 7) is 1.46. The summed E-state index contributed by atoms with van der Waals surface area (Å²) in [5, 5.41) is 18.5. The number of ether oxygens (including phenoxy) is 1. The van der Waals surface area contributed by atoms with Crippen LogP contribution in [0.2, 0.25) is 0 Å². The van der Waals surface area contributed by atoms with Gasteiger partial charge >= 0.3 is 0 Å². The minimum atomic E-state index is -0.586. The molecule has 2 aromatic rings. The van der Waals surface area contributed by atoms with Crippen molar-refractivity contribution in [3.05, 3.63) is 56.6 Å². The van der Waals surface area contributed by atoms with E-state index in [2.05, 4.69) is 0 Å². The summed E-state index contributed by atoms with van der Waals surface area (Å²) < 4.78 is 15.2. The first-order chi connectivity index (χ1) is 10.5. The maximum Gasteiger partial charge on any atom is 0.230 e. The third-order valence-corrected chi connectivity index (χ3v) is 3.07. The largest absolute Gasteiger partial charge is 0.502 e. The molecule has 0 unspecified atom stereocenters. The molecule has 0 spiro atoms. The lowest BCUT2D eigenvalue weighted by Crippen LogP contribution is -2.19. The standard InChI is InChI=1S/C15H16O7/c1-9(6-21-13-8-20-3-2-11(13)17)4-10-7-22-12(5-16)15(19)14(10)18/h2-3,7-9,16,19H,4-6H2,1H3/t9-/m0/s1. The van der Waals surface area contributed by atoms with Crippen LogP contribution in [0.5, 0.6) is 11.5 Å². The van der Waals surface area contributed by atoms with Crippen LogP contribution in [0, 0.1) is 5.92 Å². The number of rotatable bonds is 6. The van der Waals surface area contributed by atoms with Gasteiger partial charge in [0, 0.05) is 11.6 Å². The molecule has 0 radical (unpaired) electrons. The van der Waals surface area contributed by atoms with Crippen LogP contribution in [0.15, 0.2) is 43.3 Å². The second kappa shape index (κ2) is 6.95. The molecule has 118 valence electrons. The Hall–Kier alpha value is -2.54. The maximum absolute atomic E-state index is 11.9. The summed E-state index contributed by atoms with van der Waals surface area (Å²) >= 11 is 0. The molecule has 2 heterocycles. The SMILES string of the molecule is C[C@H](COc1coccc1=O)Cc1coc(CO)c(O)c1=O. The molecule has 0 saturated carbocycles. The molecule has 22 heavy (non-hydrogen) atoms. The van der Waals surface area contributed by atoms with Crippen molar-refractivity contribution in [2.24, 2.45) is 5.92 Å². The Balaban J connectivity index is 2.02. The predicted octanol–water partition coefficient (Wildman–Crippen LogP) is 1.05. The molecule has 0 fully saturated rings. The number of aliphatic hydroxyl groups excluding tert-OH is 1. The number of hydrogen-bond donors (Lipinski definition) is 2. The molecule has 1 atom stereocenters. The summed E-state index contributed by atoms with van der Waals surface area (Å²) in [4.78, 5) is 23.3. The van der Waals surface area contributed by atoms with E-state index < -0.39 is 17.8 Å². The van der Waals surface area contributed by atoms with E-state index in [9.17, 15) is 14.7 Å². The molecule has 2 aromatic heterocycles. The highest BCUT2D eigenvalue weighted by molar-refractivity contribution is 5.27. The van der Waals surface area contributed by atoms with Gasteiger partial charge in [-0.3, -0.25) is 9.59 Å². The smallest absolute Gasteiger partial charge is 0.230 e. The summed E-state index contributed by atoms with van der Waals surface area (Å²) in [6, 6.07) is 1.25. The van der Waals surface area contributed by atoms with Crippen LogP contribution in [-0.4, -0.2) is 16.8 Å². The summed E-state index contributed by atoms with van der Waals surface area (Å²) in [5.74, 6) is -0.766. The summed E-state index contributed by atoms with van der Waals surface area (Å²) in [7, 11) is 0. The van der Waals surface area contributed by atoms with E-state index in [1.807, 2.05) is 6.92 Å². The molecule has 0 aliphatic carbocycles. The van der Waals surface area contributed by atoms with Crippen molar-refractivity contribution < 1.29 is 23.8 Å². The highest BCUT2D eigenvalue weighted by atomic mass is 16.5. The Morgan fingerprint density at radius 1 is 1.32 bits per heavy atom. The van der Waals surface area contributed by atoms with Crippen molar-refractivity contribution >= 4 is 0 Å². The number of hydrogen-bond acceptors (Lipinski definition) is 7. The van der Waals surface area contributed by atoms with Crippen LogP contribution in [0.3, 0.4) is 0 Å². The molecule has 0 aliphatic rings. The lowest BCUT2D eigenvalue weighted by Gasteiger charge is -2.12. The number of aliphatic hydroxyl groups is 1. The van der Waals surface area contributed by atoms with Gasteiger partial charge in [-0.15, -0.1) is 0 Å². The van der Waals surface area contributed by atoms with Gasteiger partial charge in [-0.25, -0.2) is 0 Å². The molecular weight excluding hydrogens is 292 g/mol. The van der Waals surface area contributed by atoms with E-state index in [1.54, 1.807) is 0 Å². The van der Waals surface area contributed by atoms with E-state index in [4.69, 9.17) is 18.7 Å². The van der Waals surface area contributed by atoms with Gasteiger partial charge < -0.3 is 23.8 Å². The topological polar surface area (TPSA) is 110 Å². The average Bonchev–Trinajstić information content (AvgIpc) is 2.51. The molecule has 0 bridgehead atoms. The second-order valence-electron chi connectivity index (χ2n) is 4.93. The molecular formula is C15H16O7. The predicted molar refractivity (Wildman–Crippen MR) is 75.9 cm³/mol. The maximum atomic E-state index is 11.9. The normalized spacial score (nSPS) is 12.1. The molecule has 2 rings (SSSR count). The van der Waals surface area contributed by atoms with Gasteiger partial charge in [0.2, 0.25) is 22.4 Å². The second-order valence-corrected chi connectivity index (χ2v) is 4.93. The van der Waals surface area contributed by atoms with Crippen LogP contribution < -0.4 is 15.6 Å². The zero-order valence-electron chi connectivity index (χ0n) is 11.9. The fourth-order valence-corrected chi connectivity index (χ4v) is 1.90. The van der Waals surface area contributed by atoms with Crippen molar-refractivity contribution in [3.8, 4) is 11.5 Å². The molecule has 0 aliphatic heterocycles. The van der Waals surface area contributed by atoms with Crippen molar-refractivity contribution in [2.45, 2.75) is 20.0 Å². The van der Waals surface area contributed by atoms with Gasteiger partial charge in [-0.1, -0.05) is 6.92 Å². The third-order valence-electron chi connectivity index (χ3n) is 3.07. The van der Waals surface area contributed by atoms with Gasteiger partial charge in [0.15, 0.2) is 5.76 Å². The fourth-order valence-electron chi connectivity index (χ4n) is 1.90. The summed E-state index contributed by atoms with van der Waals surface area (Å²) in [6.07, 6.45) is 3.97. The van der Waals surface area contributed by atoms with Crippen LogP contribution in [0.1, 0.15) is 18.2 Å². The highest BCUT2D eigenvalue weighted by Crippen LogP contribution is 2.15. The Morgan fingerprint density at radius 3 is 2.77 bits per heavy atom. The van der Waals surface area contributed by atoms with Gasteiger partial charge in [0.05, 0.1) is 19.1 Å². The van der Waals surface area contributed by atoms with Crippen molar-refractivity contribution in [1.29, 1.82) is 0 Å². The zero-order chi connectivity index (χ0) is 16.1. The van der Waals surface area contributed by atoms with E-state index in [1.165, 1.54) is 24.9 Å². The first kappa shape index (κ1) is 15.8. The molecule has 0 saturated heterocycles. The molecule has 2 N–H and O–H groups in total. The van der Waals surface area contributed by atoms with Crippen molar-refractivity contribution in [3.63, 3.8) is 0 Å². The molecule has 0 aromatic carbocycles. The lowest BCUT2D eigenvalue weighted by atomic mass is 10.0. The van der Waals surface area contributed by atoms with Crippen molar-refractivity contribution in [1.82, 2.24) is 0 Å². The van der Waals surface area contributed by atoms with Crippen LogP contribution in [-0.2, 0) is 13.0 Å². The van der Waals surface area contributed by atoms with Crippen LogP contribution in [0.4, 0.5) is 0 Å². The van der Waals surface area contributed by atoms with E-state index in [0.717, 1.165) is 0 Å².